The second-order valence-corrected chi connectivity index (χ2v) is 7.05. The number of rotatable bonds is 4. The van der Waals surface area contributed by atoms with Crippen LogP contribution in [0.4, 0.5) is 0 Å². The first-order valence-electron chi connectivity index (χ1n) is 9.07. The first kappa shape index (κ1) is 15.1. The molecule has 23 heavy (non-hydrogen) atoms. The fourth-order valence-corrected chi connectivity index (χ4v) is 3.70. The summed E-state index contributed by atoms with van der Waals surface area (Å²) in [6, 6.07) is 0. The molecule has 0 unspecified atom stereocenters. The van der Waals surface area contributed by atoms with Crippen molar-refractivity contribution in [1.29, 1.82) is 0 Å². The number of hydrogen-bond acceptors (Lipinski definition) is 4. The lowest BCUT2D eigenvalue weighted by atomic mass is 10.1. The molecule has 126 valence electrons. The standard InChI is InChI=1S/C17H27N5O/c1-2-20-7-9-21(10-8-20)17(23)16-14-11-18-6-5-15(14)22(19-16)12-13-3-4-13/h13,18H,2-12H2,1H3. The molecule has 1 aromatic rings. The van der Waals surface area contributed by atoms with Gasteiger partial charge in [-0.15, -0.1) is 0 Å². The average Bonchev–Trinajstić information content (AvgIpc) is 3.35. The zero-order valence-corrected chi connectivity index (χ0v) is 14.1. The molecule has 1 amide bonds. The van der Waals surface area contributed by atoms with Crippen molar-refractivity contribution in [3.8, 4) is 0 Å². The molecule has 0 bridgehead atoms. The van der Waals surface area contributed by atoms with Gasteiger partial charge in [-0.25, -0.2) is 0 Å². The summed E-state index contributed by atoms with van der Waals surface area (Å²) in [7, 11) is 0. The van der Waals surface area contributed by atoms with Gasteiger partial charge in [0, 0.05) is 63.5 Å². The maximum Gasteiger partial charge on any atom is 0.274 e. The summed E-state index contributed by atoms with van der Waals surface area (Å²) in [4.78, 5) is 17.4. The number of hydrogen-bond donors (Lipinski definition) is 1. The van der Waals surface area contributed by atoms with Crippen LogP contribution in [0.15, 0.2) is 0 Å². The number of likely N-dealkylation sites (N-methyl/N-ethyl adjacent to an activating group) is 1. The van der Waals surface area contributed by atoms with Crippen molar-refractivity contribution in [3.63, 3.8) is 0 Å². The Morgan fingerprint density at radius 3 is 2.74 bits per heavy atom. The van der Waals surface area contributed by atoms with Crippen molar-refractivity contribution in [3.05, 3.63) is 17.0 Å². The largest absolute Gasteiger partial charge is 0.335 e. The number of carbonyl (C=O) groups excluding carboxylic acids is 1. The minimum atomic E-state index is 0.134. The van der Waals surface area contributed by atoms with Crippen LogP contribution in [-0.4, -0.2) is 64.8 Å². The van der Waals surface area contributed by atoms with E-state index < -0.39 is 0 Å². The van der Waals surface area contributed by atoms with Crippen molar-refractivity contribution in [1.82, 2.24) is 24.9 Å². The number of nitrogens with one attached hydrogen (secondary N) is 1. The topological polar surface area (TPSA) is 53.4 Å². The van der Waals surface area contributed by atoms with Crippen LogP contribution in [0.3, 0.4) is 0 Å². The Labute approximate surface area is 137 Å². The van der Waals surface area contributed by atoms with E-state index in [-0.39, 0.29) is 5.91 Å². The first-order valence-corrected chi connectivity index (χ1v) is 9.07. The van der Waals surface area contributed by atoms with Crippen molar-refractivity contribution in [2.24, 2.45) is 5.92 Å². The van der Waals surface area contributed by atoms with Crippen LogP contribution in [-0.2, 0) is 19.5 Å². The fraction of sp³-hybridized carbons (Fsp3) is 0.765. The summed E-state index contributed by atoms with van der Waals surface area (Å²) in [6.07, 6.45) is 3.62. The number of fused-ring (bicyclic) bond motifs is 1. The van der Waals surface area contributed by atoms with Gasteiger partial charge in [0.05, 0.1) is 0 Å². The van der Waals surface area contributed by atoms with Crippen molar-refractivity contribution in [2.45, 2.75) is 39.3 Å². The summed E-state index contributed by atoms with van der Waals surface area (Å²) < 4.78 is 2.14. The molecule has 4 rings (SSSR count). The Hall–Kier alpha value is -1.40. The number of amides is 1. The summed E-state index contributed by atoms with van der Waals surface area (Å²) in [6.45, 7) is 9.63. The maximum atomic E-state index is 13.0. The van der Waals surface area contributed by atoms with Crippen molar-refractivity contribution < 1.29 is 4.79 Å². The molecule has 1 saturated heterocycles. The van der Waals surface area contributed by atoms with E-state index >= 15 is 0 Å². The molecule has 6 heteroatoms. The summed E-state index contributed by atoms with van der Waals surface area (Å²) >= 11 is 0. The molecule has 0 spiro atoms. The lowest BCUT2D eigenvalue weighted by molar-refractivity contribution is 0.0635. The highest BCUT2D eigenvalue weighted by molar-refractivity contribution is 5.94. The fourth-order valence-electron chi connectivity index (χ4n) is 3.70. The summed E-state index contributed by atoms with van der Waals surface area (Å²) in [5, 5.41) is 8.16. The van der Waals surface area contributed by atoms with Crippen LogP contribution in [0.5, 0.6) is 0 Å². The van der Waals surface area contributed by atoms with E-state index in [0.717, 1.165) is 70.3 Å². The van der Waals surface area contributed by atoms with E-state index in [1.165, 1.54) is 18.5 Å². The first-order chi connectivity index (χ1) is 11.3. The highest BCUT2D eigenvalue weighted by atomic mass is 16.2. The molecular weight excluding hydrogens is 290 g/mol. The van der Waals surface area contributed by atoms with Gasteiger partial charge >= 0.3 is 0 Å². The second-order valence-electron chi connectivity index (χ2n) is 7.05. The lowest BCUT2D eigenvalue weighted by Crippen LogP contribution is -2.48. The zero-order chi connectivity index (χ0) is 15.8. The third-order valence-corrected chi connectivity index (χ3v) is 5.44. The van der Waals surface area contributed by atoms with Crippen molar-refractivity contribution in [2.75, 3.05) is 39.3 Å². The molecule has 1 aliphatic carbocycles. The van der Waals surface area contributed by atoms with E-state index in [0.29, 0.717) is 5.69 Å². The molecular formula is C17H27N5O. The molecule has 1 aromatic heterocycles. The van der Waals surface area contributed by atoms with Gasteiger partial charge in [0.15, 0.2) is 5.69 Å². The van der Waals surface area contributed by atoms with Gasteiger partial charge in [0.1, 0.15) is 0 Å². The molecule has 0 atom stereocenters. The van der Waals surface area contributed by atoms with Crippen LogP contribution in [0.2, 0.25) is 0 Å². The third-order valence-electron chi connectivity index (χ3n) is 5.44. The highest BCUT2D eigenvalue weighted by Gasteiger charge is 2.31. The smallest absolute Gasteiger partial charge is 0.274 e. The van der Waals surface area contributed by atoms with E-state index in [4.69, 9.17) is 5.10 Å². The van der Waals surface area contributed by atoms with Crippen molar-refractivity contribution >= 4 is 5.91 Å². The van der Waals surface area contributed by atoms with Gasteiger partial charge in [0.25, 0.3) is 5.91 Å². The molecule has 3 aliphatic rings. The van der Waals surface area contributed by atoms with Crippen LogP contribution < -0.4 is 5.32 Å². The molecule has 6 nitrogen and oxygen atoms in total. The van der Waals surface area contributed by atoms with Crippen LogP contribution >= 0.6 is 0 Å². The molecule has 0 aromatic carbocycles. The Balaban J connectivity index is 1.55. The lowest BCUT2D eigenvalue weighted by Gasteiger charge is -2.33. The van der Waals surface area contributed by atoms with Gasteiger partial charge < -0.3 is 15.1 Å². The highest BCUT2D eigenvalue weighted by Crippen LogP contribution is 2.32. The Morgan fingerprint density at radius 1 is 1.26 bits per heavy atom. The SMILES string of the molecule is CCN1CCN(C(=O)c2nn(CC3CC3)c3c2CNCC3)CC1. The summed E-state index contributed by atoms with van der Waals surface area (Å²) in [5.41, 5.74) is 3.16. The van der Waals surface area contributed by atoms with Crippen LogP contribution in [0.1, 0.15) is 41.5 Å². The molecule has 0 radical (unpaired) electrons. The average molecular weight is 317 g/mol. The molecule has 3 heterocycles. The normalized spacial score (nSPS) is 22.2. The summed E-state index contributed by atoms with van der Waals surface area (Å²) in [5.74, 6) is 0.917. The van der Waals surface area contributed by atoms with E-state index in [1.54, 1.807) is 0 Å². The minimum absolute atomic E-state index is 0.134. The predicted octanol–water partition coefficient (Wildman–Crippen LogP) is 0.717. The predicted molar refractivity (Wildman–Crippen MR) is 88.4 cm³/mol. The number of nitrogens with zero attached hydrogens (tertiary/aromatic N) is 4. The quantitative estimate of drug-likeness (QED) is 0.889. The number of piperazine rings is 1. The molecule has 1 N–H and O–H groups in total. The zero-order valence-electron chi connectivity index (χ0n) is 14.1. The Morgan fingerprint density at radius 2 is 2.04 bits per heavy atom. The molecule has 2 fully saturated rings. The van der Waals surface area contributed by atoms with Gasteiger partial charge in [-0.3, -0.25) is 9.48 Å². The number of aromatic nitrogens is 2. The van der Waals surface area contributed by atoms with E-state index in [2.05, 4.69) is 21.8 Å². The second kappa shape index (κ2) is 6.24. The maximum absolute atomic E-state index is 13.0. The van der Waals surface area contributed by atoms with Gasteiger partial charge in [0.2, 0.25) is 0 Å². The van der Waals surface area contributed by atoms with Gasteiger partial charge in [-0.1, -0.05) is 6.92 Å². The monoisotopic (exact) mass is 317 g/mol. The van der Waals surface area contributed by atoms with Crippen LogP contribution in [0, 0.1) is 5.92 Å². The third kappa shape index (κ3) is 3.02. The Kier molecular flexibility index (Phi) is 4.11. The van der Waals surface area contributed by atoms with Gasteiger partial charge in [-0.2, -0.15) is 5.10 Å². The van der Waals surface area contributed by atoms with E-state index in [1.807, 2.05) is 4.90 Å². The minimum Gasteiger partial charge on any atom is -0.335 e. The Bertz CT molecular complexity index is 584. The van der Waals surface area contributed by atoms with E-state index in [9.17, 15) is 4.79 Å². The van der Waals surface area contributed by atoms with Gasteiger partial charge in [-0.05, 0) is 25.3 Å². The molecule has 2 aliphatic heterocycles. The number of carbonyl (C=O) groups is 1. The molecule has 1 saturated carbocycles. The van der Waals surface area contributed by atoms with Crippen LogP contribution in [0.25, 0.3) is 0 Å².